The summed E-state index contributed by atoms with van der Waals surface area (Å²) in [4.78, 5) is 1.73. The highest BCUT2D eigenvalue weighted by Crippen LogP contribution is 2.07. The Hall–Kier alpha value is -1.98. The molecule has 17 heavy (non-hydrogen) atoms. The van der Waals surface area contributed by atoms with Crippen LogP contribution < -0.4 is 10.6 Å². The topological polar surface area (TPSA) is 88.1 Å². The molecular formula is C11H19N5O. The standard InChI is InChI=1S/C11H19N5O/c1-8-4-5-9(17-8)6-7-16(3)11(13)15-10(12)14-2/h4-5H,6-7H2,1-3H3,(H4,12,13,14,15). The van der Waals surface area contributed by atoms with E-state index in [1.54, 1.807) is 19.0 Å². The Morgan fingerprint density at radius 3 is 2.65 bits per heavy atom. The van der Waals surface area contributed by atoms with Crippen LogP contribution in [-0.4, -0.2) is 37.5 Å². The van der Waals surface area contributed by atoms with Crippen molar-refractivity contribution in [1.29, 1.82) is 10.8 Å². The van der Waals surface area contributed by atoms with E-state index in [1.165, 1.54) is 0 Å². The van der Waals surface area contributed by atoms with Gasteiger partial charge in [0, 0.05) is 27.1 Å². The average molecular weight is 237 g/mol. The van der Waals surface area contributed by atoms with Gasteiger partial charge < -0.3 is 14.6 Å². The van der Waals surface area contributed by atoms with Gasteiger partial charge in [0.25, 0.3) is 0 Å². The molecule has 1 aromatic rings. The molecule has 0 saturated heterocycles. The Kier molecular flexibility index (Phi) is 4.56. The summed E-state index contributed by atoms with van der Waals surface area (Å²) in [5.74, 6) is 2.10. The molecule has 0 saturated carbocycles. The van der Waals surface area contributed by atoms with Crippen molar-refractivity contribution in [2.75, 3.05) is 20.6 Å². The average Bonchev–Trinajstić information content (AvgIpc) is 2.71. The first-order valence-corrected chi connectivity index (χ1v) is 5.41. The number of guanidine groups is 2. The van der Waals surface area contributed by atoms with E-state index in [1.807, 2.05) is 19.1 Å². The number of hydrogen-bond donors (Lipinski definition) is 4. The lowest BCUT2D eigenvalue weighted by molar-refractivity contribution is 0.433. The molecule has 0 aliphatic rings. The van der Waals surface area contributed by atoms with Crippen LogP contribution in [0.25, 0.3) is 0 Å². The minimum Gasteiger partial charge on any atom is -0.466 e. The summed E-state index contributed by atoms with van der Waals surface area (Å²) in [6, 6.07) is 3.87. The second-order valence-electron chi connectivity index (χ2n) is 3.78. The molecule has 0 fully saturated rings. The summed E-state index contributed by atoms with van der Waals surface area (Å²) in [7, 11) is 3.43. The second-order valence-corrected chi connectivity index (χ2v) is 3.78. The van der Waals surface area contributed by atoms with Crippen molar-refractivity contribution in [1.82, 2.24) is 15.5 Å². The van der Waals surface area contributed by atoms with Gasteiger partial charge in [0.05, 0.1) is 0 Å². The Balaban J connectivity index is 2.36. The Morgan fingerprint density at radius 2 is 2.12 bits per heavy atom. The highest BCUT2D eigenvalue weighted by molar-refractivity contribution is 5.95. The smallest absolute Gasteiger partial charge is 0.197 e. The van der Waals surface area contributed by atoms with Crippen molar-refractivity contribution in [3.63, 3.8) is 0 Å². The first kappa shape index (κ1) is 13.1. The monoisotopic (exact) mass is 237 g/mol. The van der Waals surface area contributed by atoms with E-state index < -0.39 is 0 Å². The van der Waals surface area contributed by atoms with Crippen molar-refractivity contribution in [3.05, 3.63) is 23.7 Å². The van der Waals surface area contributed by atoms with Gasteiger partial charge in [-0.15, -0.1) is 0 Å². The van der Waals surface area contributed by atoms with Crippen LogP contribution >= 0.6 is 0 Å². The van der Waals surface area contributed by atoms with Crippen molar-refractivity contribution in [2.45, 2.75) is 13.3 Å². The van der Waals surface area contributed by atoms with Gasteiger partial charge in [-0.25, -0.2) is 0 Å². The summed E-state index contributed by atoms with van der Waals surface area (Å²) in [5.41, 5.74) is 0. The van der Waals surface area contributed by atoms with E-state index in [9.17, 15) is 0 Å². The summed E-state index contributed by atoms with van der Waals surface area (Å²) < 4.78 is 5.44. The van der Waals surface area contributed by atoms with Crippen LogP contribution in [0.3, 0.4) is 0 Å². The van der Waals surface area contributed by atoms with Gasteiger partial charge in [-0.2, -0.15) is 0 Å². The van der Waals surface area contributed by atoms with Gasteiger partial charge in [0.1, 0.15) is 11.5 Å². The third kappa shape index (κ3) is 4.18. The molecular weight excluding hydrogens is 218 g/mol. The zero-order chi connectivity index (χ0) is 12.8. The molecule has 0 aliphatic heterocycles. The second kappa shape index (κ2) is 5.93. The molecule has 0 atom stereocenters. The lowest BCUT2D eigenvalue weighted by atomic mass is 10.3. The largest absolute Gasteiger partial charge is 0.466 e. The van der Waals surface area contributed by atoms with Gasteiger partial charge in [-0.3, -0.25) is 16.1 Å². The van der Waals surface area contributed by atoms with Gasteiger partial charge in [0.15, 0.2) is 11.9 Å². The van der Waals surface area contributed by atoms with Crippen LogP contribution in [0.1, 0.15) is 11.5 Å². The number of likely N-dealkylation sites (N-methyl/N-ethyl adjacent to an activating group) is 1. The third-order valence-electron chi connectivity index (χ3n) is 2.36. The maximum absolute atomic E-state index is 7.70. The minimum absolute atomic E-state index is 0.107. The normalized spacial score (nSPS) is 9.82. The lowest BCUT2D eigenvalue weighted by Crippen LogP contribution is -2.45. The molecule has 94 valence electrons. The molecule has 0 unspecified atom stereocenters. The highest BCUT2D eigenvalue weighted by Gasteiger charge is 2.07. The fraction of sp³-hybridized carbons (Fsp3) is 0.455. The summed E-state index contributed by atoms with van der Waals surface area (Å²) in [5, 5.41) is 20.3. The predicted octanol–water partition coefficient (Wildman–Crippen LogP) is 0.741. The van der Waals surface area contributed by atoms with Crippen LogP contribution in [0.2, 0.25) is 0 Å². The Morgan fingerprint density at radius 1 is 1.41 bits per heavy atom. The summed E-state index contributed by atoms with van der Waals surface area (Å²) in [6.07, 6.45) is 0.737. The lowest BCUT2D eigenvalue weighted by Gasteiger charge is -2.20. The molecule has 0 aliphatic carbocycles. The molecule has 1 rings (SSSR count). The Labute approximate surface area is 101 Å². The summed E-state index contributed by atoms with van der Waals surface area (Å²) in [6.45, 7) is 2.57. The third-order valence-corrected chi connectivity index (χ3v) is 2.36. The van der Waals surface area contributed by atoms with E-state index in [0.29, 0.717) is 6.54 Å². The number of nitrogens with zero attached hydrogens (tertiary/aromatic N) is 1. The molecule has 6 heteroatoms. The fourth-order valence-corrected chi connectivity index (χ4v) is 1.29. The van der Waals surface area contributed by atoms with E-state index in [0.717, 1.165) is 17.9 Å². The maximum atomic E-state index is 7.70. The zero-order valence-electron chi connectivity index (χ0n) is 10.4. The number of nitrogens with one attached hydrogen (secondary N) is 4. The molecule has 0 aromatic carbocycles. The van der Waals surface area contributed by atoms with E-state index >= 15 is 0 Å². The van der Waals surface area contributed by atoms with Crippen LogP contribution in [0, 0.1) is 17.7 Å². The first-order chi connectivity index (χ1) is 8.02. The Bertz CT molecular complexity index is 398. The molecule has 4 N–H and O–H groups in total. The number of aryl methyl sites for hydroxylation is 1. The van der Waals surface area contributed by atoms with Crippen molar-refractivity contribution >= 4 is 11.9 Å². The molecule has 0 amide bonds. The van der Waals surface area contributed by atoms with E-state index in [2.05, 4.69) is 10.6 Å². The van der Waals surface area contributed by atoms with Crippen LogP contribution in [-0.2, 0) is 6.42 Å². The van der Waals surface area contributed by atoms with Crippen molar-refractivity contribution < 1.29 is 4.42 Å². The van der Waals surface area contributed by atoms with E-state index in [-0.39, 0.29) is 11.9 Å². The predicted molar refractivity (Wildman–Crippen MR) is 67.4 cm³/mol. The van der Waals surface area contributed by atoms with Crippen molar-refractivity contribution in [3.8, 4) is 0 Å². The molecule has 0 bridgehead atoms. The number of furan rings is 1. The van der Waals surface area contributed by atoms with E-state index in [4.69, 9.17) is 15.2 Å². The molecule has 0 radical (unpaired) electrons. The molecule has 0 spiro atoms. The number of hydrogen-bond acceptors (Lipinski definition) is 3. The van der Waals surface area contributed by atoms with Crippen LogP contribution in [0.5, 0.6) is 0 Å². The molecule has 1 aromatic heterocycles. The number of rotatable bonds is 3. The zero-order valence-corrected chi connectivity index (χ0v) is 10.4. The van der Waals surface area contributed by atoms with Gasteiger partial charge >= 0.3 is 0 Å². The van der Waals surface area contributed by atoms with Gasteiger partial charge in [-0.05, 0) is 19.1 Å². The molecule has 1 heterocycles. The van der Waals surface area contributed by atoms with Crippen LogP contribution in [0.4, 0.5) is 0 Å². The molecule has 6 nitrogen and oxygen atoms in total. The summed E-state index contributed by atoms with van der Waals surface area (Å²) >= 11 is 0. The van der Waals surface area contributed by atoms with Gasteiger partial charge in [0.2, 0.25) is 0 Å². The van der Waals surface area contributed by atoms with Crippen LogP contribution in [0.15, 0.2) is 16.5 Å². The SMILES string of the molecule is CNC(=N)NC(=N)N(C)CCc1ccc(C)o1. The fourth-order valence-electron chi connectivity index (χ4n) is 1.29. The first-order valence-electron chi connectivity index (χ1n) is 5.41. The quantitative estimate of drug-likeness (QED) is 0.461. The highest BCUT2D eigenvalue weighted by atomic mass is 16.3. The van der Waals surface area contributed by atoms with Gasteiger partial charge in [-0.1, -0.05) is 0 Å². The van der Waals surface area contributed by atoms with Crippen molar-refractivity contribution in [2.24, 2.45) is 0 Å². The minimum atomic E-state index is 0.107. The maximum Gasteiger partial charge on any atom is 0.197 e.